The molecule has 1 aromatic carbocycles. The predicted molar refractivity (Wildman–Crippen MR) is 72.2 cm³/mol. The van der Waals surface area contributed by atoms with Crippen LogP contribution in [0.1, 0.15) is 17.5 Å². The molecule has 4 nitrogen and oxygen atoms in total. The third-order valence-electron chi connectivity index (χ3n) is 3.52. The van der Waals surface area contributed by atoms with E-state index in [1.165, 1.54) is 12.6 Å². The zero-order valence-corrected chi connectivity index (χ0v) is 11.6. The Bertz CT molecular complexity index is 531. The second-order valence-electron chi connectivity index (χ2n) is 5.21. The summed E-state index contributed by atoms with van der Waals surface area (Å²) in [6.07, 6.45) is -4.25. The van der Waals surface area contributed by atoms with Gasteiger partial charge in [-0.2, -0.15) is 13.2 Å². The average molecular weight is 302 g/mol. The maximum Gasteiger partial charge on any atom is 0.416 e. The van der Waals surface area contributed by atoms with Gasteiger partial charge < -0.3 is 15.3 Å². The first-order chi connectivity index (χ1) is 9.77. The number of hydrogen-bond donors (Lipinski definition) is 2. The first kappa shape index (κ1) is 15.6. The lowest BCUT2D eigenvalue weighted by Gasteiger charge is -2.22. The Kier molecular flexibility index (Phi) is 4.41. The molecule has 1 aliphatic carbocycles. The van der Waals surface area contributed by atoms with Crippen LogP contribution in [-0.4, -0.2) is 41.9 Å². The number of carbonyl (C=O) groups is 1. The molecule has 0 spiro atoms. The zero-order valence-electron chi connectivity index (χ0n) is 11.6. The average Bonchev–Trinajstić information content (AvgIpc) is 2.84. The van der Waals surface area contributed by atoms with Crippen molar-refractivity contribution < 1.29 is 23.1 Å². The van der Waals surface area contributed by atoms with Gasteiger partial charge in [-0.3, -0.25) is 0 Å². The highest BCUT2D eigenvalue weighted by Crippen LogP contribution is 2.25. The molecule has 21 heavy (non-hydrogen) atoms. The lowest BCUT2D eigenvalue weighted by molar-refractivity contribution is -0.205. The Labute approximate surface area is 120 Å². The standard InChI is InChI=1S/C14H17F3N2O2/c1-19(8-12(20)14(15,16)17)13(21)18-11-6-5-9-3-2-4-10(9)7-11/h5-7,12,20H,2-4,8H2,1H3,(H,18,21). The van der Waals surface area contributed by atoms with E-state index in [9.17, 15) is 18.0 Å². The van der Waals surface area contributed by atoms with Crippen LogP contribution in [0.2, 0.25) is 0 Å². The highest BCUT2D eigenvalue weighted by molar-refractivity contribution is 5.89. The van der Waals surface area contributed by atoms with Crippen molar-refractivity contribution in [2.45, 2.75) is 31.5 Å². The Morgan fingerprint density at radius 1 is 1.38 bits per heavy atom. The lowest BCUT2D eigenvalue weighted by Crippen LogP contribution is -2.43. The number of hydrogen-bond acceptors (Lipinski definition) is 2. The largest absolute Gasteiger partial charge is 0.416 e. The first-order valence-electron chi connectivity index (χ1n) is 6.66. The van der Waals surface area contributed by atoms with Gasteiger partial charge in [0.25, 0.3) is 0 Å². The van der Waals surface area contributed by atoms with Crippen molar-refractivity contribution in [3.8, 4) is 0 Å². The van der Waals surface area contributed by atoms with Gasteiger partial charge in [0, 0.05) is 12.7 Å². The predicted octanol–water partition coefficient (Wildman–Crippen LogP) is 2.56. The molecule has 1 unspecified atom stereocenters. The molecule has 2 N–H and O–H groups in total. The summed E-state index contributed by atoms with van der Waals surface area (Å²) < 4.78 is 36.7. The van der Waals surface area contributed by atoms with Crippen molar-refractivity contribution in [2.24, 2.45) is 0 Å². The van der Waals surface area contributed by atoms with Gasteiger partial charge >= 0.3 is 12.2 Å². The molecular formula is C14H17F3N2O2. The zero-order chi connectivity index (χ0) is 15.6. The van der Waals surface area contributed by atoms with Gasteiger partial charge in [0.2, 0.25) is 0 Å². The fourth-order valence-electron chi connectivity index (χ4n) is 2.31. The van der Waals surface area contributed by atoms with E-state index >= 15 is 0 Å². The van der Waals surface area contributed by atoms with Gasteiger partial charge in [-0.1, -0.05) is 6.07 Å². The molecule has 1 aromatic rings. The van der Waals surface area contributed by atoms with Gasteiger partial charge in [-0.05, 0) is 42.5 Å². The number of alkyl halides is 3. The maximum atomic E-state index is 12.2. The second-order valence-corrected chi connectivity index (χ2v) is 5.21. The van der Waals surface area contributed by atoms with E-state index in [2.05, 4.69) is 5.32 Å². The fourth-order valence-corrected chi connectivity index (χ4v) is 2.31. The number of benzene rings is 1. The normalized spacial score (nSPS) is 15.5. The molecule has 0 aromatic heterocycles. The van der Waals surface area contributed by atoms with Crippen LogP contribution in [0.15, 0.2) is 18.2 Å². The molecule has 0 aliphatic heterocycles. The molecule has 0 saturated carbocycles. The van der Waals surface area contributed by atoms with Crippen LogP contribution in [0.3, 0.4) is 0 Å². The molecule has 2 rings (SSSR count). The van der Waals surface area contributed by atoms with Gasteiger partial charge in [0.05, 0.1) is 6.54 Å². The molecule has 1 aliphatic rings. The van der Waals surface area contributed by atoms with Crippen LogP contribution in [0.25, 0.3) is 0 Å². The summed E-state index contributed by atoms with van der Waals surface area (Å²) in [6.45, 7) is -0.805. The quantitative estimate of drug-likeness (QED) is 0.901. The summed E-state index contributed by atoms with van der Waals surface area (Å²) in [5.41, 5.74) is 2.95. The van der Waals surface area contributed by atoms with Crippen LogP contribution in [-0.2, 0) is 12.8 Å². The molecular weight excluding hydrogens is 285 g/mol. The minimum atomic E-state index is -4.73. The molecule has 0 heterocycles. The van der Waals surface area contributed by atoms with Crippen molar-refractivity contribution in [1.29, 1.82) is 0 Å². The summed E-state index contributed by atoms with van der Waals surface area (Å²) in [5, 5.41) is 11.5. The number of likely N-dealkylation sites (N-methyl/N-ethyl adjacent to an activating group) is 1. The number of rotatable bonds is 3. The van der Waals surface area contributed by atoms with E-state index < -0.39 is 24.9 Å². The number of urea groups is 1. The van der Waals surface area contributed by atoms with E-state index in [0.29, 0.717) is 5.69 Å². The Morgan fingerprint density at radius 3 is 2.71 bits per heavy atom. The van der Waals surface area contributed by atoms with Crippen LogP contribution in [0.5, 0.6) is 0 Å². The van der Waals surface area contributed by atoms with Crippen LogP contribution >= 0.6 is 0 Å². The van der Waals surface area contributed by atoms with E-state index in [1.807, 2.05) is 12.1 Å². The summed E-state index contributed by atoms with van der Waals surface area (Å²) in [6, 6.07) is 4.81. The molecule has 0 radical (unpaired) electrons. The molecule has 116 valence electrons. The number of carbonyl (C=O) groups excluding carboxylic acids is 1. The smallest absolute Gasteiger partial charge is 0.382 e. The highest BCUT2D eigenvalue weighted by atomic mass is 19.4. The van der Waals surface area contributed by atoms with Gasteiger partial charge in [0.15, 0.2) is 6.10 Å². The lowest BCUT2D eigenvalue weighted by atomic mass is 10.1. The van der Waals surface area contributed by atoms with Gasteiger partial charge in [0.1, 0.15) is 0 Å². The topological polar surface area (TPSA) is 52.6 Å². The highest BCUT2D eigenvalue weighted by Gasteiger charge is 2.39. The monoisotopic (exact) mass is 302 g/mol. The first-order valence-corrected chi connectivity index (χ1v) is 6.66. The van der Waals surface area contributed by atoms with Crippen molar-refractivity contribution in [2.75, 3.05) is 18.9 Å². The number of aliphatic hydroxyl groups is 1. The molecule has 0 bridgehead atoms. The number of nitrogens with one attached hydrogen (secondary N) is 1. The van der Waals surface area contributed by atoms with Crippen molar-refractivity contribution in [1.82, 2.24) is 4.90 Å². The second kappa shape index (κ2) is 5.93. The Hall–Kier alpha value is -1.76. The maximum absolute atomic E-state index is 12.2. The fraction of sp³-hybridized carbons (Fsp3) is 0.500. The molecule has 0 saturated heterocycles. The summed E-state index contributed by atoms with van der Waals surface area (Å²) in [4.78, 5) is 12.6. The summed E-state index contributed by atoms with van der Waals surface area (Å²) in [5.74, 6) is 0. The van der Waals surface area contributed by atoms with Gasteiger partial charge in [-0.25, -0.2) is 4.79 Å². The van der Waals surface area contributed by atoms with Crippen LogP contribution < -0.4 is 5.32 Å². The Morgan fingerprint density at radius 2 is 2.05 bits per heavy atom. The summed E-state index contributed by atoms with van der Waals surface area (Å²) in [7, 11) is 1.21. The number of amides is 2. The molecule has 1 atom stereocenters. The number of fused-ring (bicyclic) bond motifs is 1. The number of anilines is 1. The van der Waals surface area contributed by atoms with E-state index in [0.717, 1.165) is 29.7 Å². The third-order valence-corrected chi connectivity index (χ3v) is 3.52. The molecule has 7 heteroatoms. The van der Waals surface area contributed by atoms with Gasteiger partial charge in [-0.15, -0.1) is 0 Å². The minimum Gasteiger partial charge on any atom is -0.382 e. The van der Waals surface area contributed by atoms with E-state index in [1.54, 1.807) is 6.07 Å². The van der Waals surface area contributed by atoms with Crippen LogP contribution in [0, 0.1) is 0 Å². The van der Waals surface area contributed by atoms with E-state index in [-0.39, 0.29) is 0 Å². The Balaban J connectivity index is 1.95. The summed E-state index contributed by atoms with van der Waals surface area (Å²) >= 11 is 0. The number of aliphatic hydroxyl groups excluding tert-OH is 1. The number of nitrogens with zero attached hydrogens (tertiary/aromatic N) is 1. The minimum absolute atomic E-state index is 0.550. The number of halogens is 3. The van der Waals surface area contributed by atoms with Crippen molar-refractivity contribution in [3.63, 3.8) is 0 Å². The van der Waals surface area contributed by atoms with E-state index in [4.69, 9.17) is 5.11 Å². The van der Waals surface area contributed by atoms with Crippen molar-refractivity contribution in [3.05, 3.63) is 29.3 Å². The molecule has 2 amide bonds. The third kappa shape index (κ3) is 3.87. The molecule has 0 fully saturated rings. The SMILES string of the molecule is CN(CC(O)C(F)(F)F)C(=O)Nc1ccc2c(c1)CCC2. The number of aryl methyl sites for hydroxylation is 2. The van der Waals surface area contributed by atoms with Crippen LogP contribution in [0.4, 0.5) is 23.7 Å². The van der Waals surface area contributed by atoms with Crippen molar-refractivity contribution >= 4 is 11.7 Å².